The van der Waals surface area contributed by atoms with Crippen LogP contribution in [0.2, 0.25) is 0 Å². The molecule has 0 spiro atoms. The van der Waals surface area contributed by atoms with E-state index in [4.69, 9.17) is 14.5 Å². The Morgan fingerprint density at radius 1 is 1.25 bits per heavy atom. The predicted octanol–water partition coefficient (Wildman–Crippen LogP) is 1.49. The Morgan fingerprint density at radius 3 is 2.79 bits per heavy atom. The first-order chi connectivity index (χ1) is 13.3. The Bertz CT molecular complexity index is 591. The first-order valence-corrected chi connectivity index (χ1v) is 10.2. The molecule has 1 N–H and O–H groups in total. The molecule has 9 heteroatoms. The number of halogens is 1. The second-order valence-electron chi connectivity index (χ2n) is 7.15. The molecule has 1 atom stereocenters. The fraction of sp³-hybridized carbons (Fsp3) is 0.789. The van der Waals surface area contributed by atoms with Crippen LogP contribution < -0.4 is 5.32 Å². The van der Waals surface area contributed by atoms with Gasteiger partial charge in [0.25, 0.3) is 0 Å². The molecule has 2 aliphatic rings. The number of aromatic nitrogens is 2. The van der Waals surface area contributed by atoms with Gasteiger partial charge >= 0.3 is 0 Å². The van der Waals surface area contributed by atoms with Gasteiger partial charge in [-0.05, 0) is 26.3 Å². The highest BCUT2D eigenvalue weighted by molar-refractivity contribution is 14.0. The van der Waals surface area contributed by atoms with Crippen LogP contribution in [0.25, 0.3) is 0 Å². The molecule has 0 radical (unpaired) electrons. The number of hydrogen-bond acceptors (Lipinski definition) is 5. The summed E-state index contributed by atoms with van der Waals surface area (Å²) in [4.78, 5) is 9.66. The van der Waals surface area contributed by atoms with Crippen LogP contribution in [0, 0.1) is 0 Å². The molecule has 8 nitrogen and oxygen atoms in total. The number of nitrogens with one attached hydrogen (secondary N) is 1. The van der Waals surface area contributed by atoms with Crippen LogP contribution in [-0.4, -0.2) is 91.2 Å². The lowest BCUT2D eigenvalue weighted by molar-refractivity contribution is -0.00804. The van der Waals surface area contributed by atoms with Crippen molar-refractivity contribution in [3.63, 3.8) is 0 Å². The number of ether oxygens (including phenoxy) is 2. The SMILES string of the molecule is CCNC(=NCCCCN1CCOCC1)N1CCOC(c2cnn(C)c2)C1.I. The maximum absolute atomic E-state index is 5.95. The van der Waals surface area contributed by atoms with E-state index in [2.05, 4.69) is 27.1 Å². The molecule has 0 bridgehead atoms. The molecule has 2 aliphatic heterocycles. The van der Waals surface area contributed by atoms with E-state index in [0.29, 0.717) is 6.61 Å². The third-order valence-corrected chi connectivity index (χ3v) is 5.05. The van der Waals surface area contributed by atoms with Crippen LogP contribution in [0.15, 0.2) is 17.4 Å². The number of guanidine groups is 1. The maximum Gasteiger partial charge on any atom is 0.194 e. The smallest absolute Gasteiger partial charge is 0.194 e. The van der Waals surface area contributed by atoms with Gasteiger partial charge in [0.2, 0.25) is 0 Å². The minimum Gasteiger partial charge on any atom is -0.379 e. The zero-order chi connectivity index (χ0) is 18.9. The first-order valence-electron chi connectivity index (χ1n) is 10.2. The van der Waals surface area contributed by atoms with Crippen molar-refractivity contribution >= 4 is 29.9 Å². The molecule has 0 saturated carbocycles. The number of hydrogen-bond donors (Lipinski definition) is 1. The van der Waals surface area contributed by atoms with Crippen LogP contribution in [0.5, 0.6) is 0 Å². The molecule has 3 heterocycles. The topological polar surface area (TPSA) is 67.2 Å². The van der Waals surface area contributed by atoms with E-state index in [0.717, 1.165) is 77.0 Å². The highest BCUT2D eigenvalue weighted by Crippen LogP contribution is 2.21. The average molecular weight is 506 g/mol. The molecule has 28 heavy (non-hydrogen) atoms. The third kappa shape index (κ3) is 7.16. The van der Waals surface area contributed by atoms with Gasteiger partial charge in [-0.3, -0.25) is 14.6 Å². The summed E-state index contributed by atoms with van der Waals surface area (Å²) in [5, 5.41) is 7.71. The molecule has 3 rings (SSSR count). The van der Waals surface area contributed by atoms with E-state index < -0.39 is 0 Å². The molecule has 2 fully saturated rings. The van der Waals surface area contributed by atoms with E-state index in [1.54, 1.807) is 0 Å². The molecule has 1 aromatic rings. The second-order valence-corrected chi connectivity index (χ2v) is 7.15. The fourth-order valence-electron chi connectivity index (χ4n) is 3.53. The molecule has 0 amide bonds. The molecule has 1 unspecified atom stereocenters. The molecule has 160 valence electrons. The average Bonchev–Trinajstić information content (AvgIpc) is 3.14. The maximum atomic E-state index is 5.95. The molecule has 2 saturated heterocycles. The number of aliphatic imine (C=N–C) groups is 1. The quantitative estimate of drug-likeness (QED) is 0.262. The van der Waals surface area contributed by atoms with Gasteiger partial charge in [-0.15, -0.1) is 24.0 Å². The summed E-state index contributed by atoms with van der Waals surface area (Å²) in [6.07, 6.45) is 6.28. The van der Waals surface area contributed by atoms with Gasteiger partial charge in [0.15, 0.2) is 5.96 Å². The Kier molecular flexibility index (Phi) is 10.5. The summed E-state index contributed by atoms with van der Waals surface area (Å²) in [5.74, 6) is 1.00. The molecule has 0 aliphatic carbocycles. The van der Waals surface area contributed by atoms with Gasteiger partial charge in [-0.1, -0.05) is 0 Å². The zero-order valence-corrected chi connectivity index (χ0v) is 19.5. The van der Waals surface area contributed by atoms with Crippen molar-refractivity contribution in [2.75, 3.05) is 65.6 Å². The first kappa shape index (κ1) is 23.4. The Morgan fingerprint density at radius 2 is 2.07 bits per heavy atom. The molecular formula is C19H35IN6O2. The van der Waals surface area contributed by atoms with Crippen molar-refractivity contribution in [2.24, 2.45) is 12.0 Å². The van der Waals surface area contributed by atoms with Crippen LogP contribution in [0.3, 0.4) is 0 Å². The zero-order valence-electron chi connectivity index (χ0n) is 17.2. The largest absolute Gasteiger partial charge is 0.379 e. The predicted molar refractivity (Wildman–Crippen MR) is 121 cm³/mol. The lowest BCUT2D eigenvalue weighted by atomic mass is 10.1. The second kappa shape index (κ2) is 12.6. The van der Waals surface area contributed by atoms with Crippen molar-refractivity contribution in [1.29, 1.82) is 0 Å². The van der Waals surface area contributed by atoms with Crippen LogP contribution in [0.4, 0.5) is 0 Å². The lowest BCUT2D eigenvalue weighted by Crippen LogP contribution is -2.48. The minimum absolute atomic E-state index is 0. The Labute approximate surface area is 185 Å². The lowest BCUT2D eigenvalue weighted by Gasteiger charge is -2.34. The van der Waals surface area contributed by atoms with Crippen molar-refractivity contribution in [3.05, 3.63) is 18.0 Å². The van der Waals surface area contributed by atoms with Crippen LogP contribution >= 0.6 is 24.0 Å². The summed E-state index contributed by atoms with van der Waals surface area (Å²) in [6, 6.07) is 0. The molecular weight excluding hydrogens is 471 g/mol. The number of morpholine rings is 2. The summed E-state index contributed by atoms with van der Waals surface area (Å²) in [6.45, 7) is 11.3. The minimum atomic E-state index is 0. The fourth-order valence-corrected chi connectivity index (χ4v) is 3.53. The van der Waals surface area contributed by atoms with Gasteiger partial charge < -0.3 is 19.7 Å². The van der Waals surface area contributed by atoms with Crippen molar-refractivity contribution < 1.29 is 9.47 Å². The standard InChI is InChI=1S/C19H34N6O2.HI/c1-3-20-19(21-6-4-5-7-24-8-11-26-12-9-24)25-10-13-27-18(16-25)17-14-22-23(2)15-17;/h14-15,18H,3-13,16H2,1-2H3,(H,20,21);1H. The van der Waals surface area contributed by atoms with Gasteiger partial charge in [0.1, 0.15) is 6.10 Å². The normalized spacial score (nSPS) is 21.4. The molecule has 1 aromatic heterocycles. The third-order valence-electron chi connectivity index (χ3n) is 5.05. The van der Waals surface area contributed by atoms with E-state index >= 15 is 0 Å². The van der Waals surface area contributed by atoms with Crippen LogP contribution in [-0.2, 0) is 16.5 Å². The van der Waals surface area contributed by atoms with Gasteiger partial charge in [-0.2, -0.15) is 5.10 Å². The van der Waals surface area contributed by atoms with Crippen molar-refractivity contribution in [1.82, 2.24) is 24.9 Å². The summed E-state index contributed by atoms with van der Waals surface area (Å²) in [7, 11) is 1.94. The van der Waals surface area contributed by atoms with Crippen molar-refractivity contribution in [2.45, 2.75) is 25.9 Å². The van der Waals surface area contributed by atoms with Gasteiger partial charge in [0, 0.05) is 51.5 Å². The summed E-state index contributed by atoms with van der Waals surface area (Å²) < 4.78 is 13.2. The number of unbranched alkanes of at least 4 members (excludes halogenated alkanes) is 1. The number of rotatable bonds is 7. The monoisotopic (exact) mass is 506 g/mol. The van der Waals surface area contributed by atoms with E-state index in [9.17, 15) is 0 Å². The van der Waals surface area contributed by atoms with E-state index in [1.807, 2.05) is 24.1 Å². The summed E-state index contributed by atoms with van der Waals surface area (Å²) >= 11 is 0. The van der Waals surface area contributed by atoms with Crippen LogP contribution in [0.1, 0.15) is 31.4 Å². The number of nitrogens with zero attached hydrogens (tertiary/aromatic N) is 5. The Hall–Kier alpha value is -0.910. The molecule has 0 aromatic carbocycles. The Balaban J connectivity index is 0.00000280. The number of aryl methyl sites for hydroxylation is 1. The highest BCUT2D eigenvalue weighted by atomic mass is 127. The van der Waals surface area contributed by atoms with Gasteiger partial charge in [-0.25, -0.2) is 0 Å². The highest BCUT2D eigenvalue weighted by Gasteiger charge is 2.25. The van der Waals surface area contributed by atoms with Gasteiger partial charge in [0.05, 0.1) is 32.6 Å². The summed E-state index contributed by atoms with van der Waals surface area (Å²) in [5.41, 5.74) is 1.13. The van der Waals surface area contributed by atoms with Crippen molar-refractivity contribution in [3.8, 4) is 0 Å². The van der Waals surface area contributed by atoms with E-state index in [-0.39, 0.29) is 30.1 Å². The van der Waals surface area contributed by atoms with E-state index in [1.165, 1.54) is 6.42 Å².